The van der Waals surface area contributed by atoms with E-state index in [1.54, 1.807) is 16.4 Å². The Hall–Kier alpha value is -1.91. The number of benzene rings is 1. The lowest BCUT2D eigenvalue weighted by Gasteiger charge is -2.51. The molecule has 2 aliphatic rings. The minimum atomic E-state index is -3.19. The number of nitrogens with one attached hydrogen (secondary N) is 2. The molecule has 2 aliphatic heterocycles. The number of anilines is 2. The van der Waals surface area contributed by atoms with Crippen molar-refractivity contribution < 1.29 is 13.5 Å². The third kappa shape index (κ3) is 3.93. The molecule has 1 aromatic heterocycles. The van der Waals surface area contributed by atoms with Gasteiger partial charge in [0.25, 0.3) is 0 Å². The Morgan fingerprint density at radius 3 is 2.83 bits per heavy atom. The summed E-state index contributed by atoms with van der Waals surface area (Å²) in [6, 6.07) is 10.3. The van der Waals surface area contributed by atoms with Crippen molar-refractivity contribution in [3.05, 3.63) is 54.0 Å². The number of aromatic nitrogens is 1. The Morgan fingerprint density at radius 2 is 2.17 bits per heavy atom. The third-order valence-corrected chi connectivity index (χ3v) is 7.59. The van der Waals surface area contributed by atoms with E-state index in [1.165, 1.54) is 12.1 Å². The topological polar surface area (TPSA) is 83.9 Å². The minimum absolute atomic E-state index is 0.221. The molecule has 0 bridgehead atoms. The average molecular weight is 422 g/mol. The van der Waals surface area contributed by atoms with Crippen LogP contribution >= 0.6 is 11.0 Å². The lowest BCUT2D eigenvalue weighted by atomic mass is 9.83. The number of nitrogens with zero attached hydrogens (tertiary/aromatic N) is 3. The molecule has 1 aromatic carbocycles. The average Bonchev–Trinajstić information content (AvgIpc) is 2.95. The molecule has 158 valence electrons. The zero-order valence-corrected chi connectivity index (χ0v) is 17.5. The molecule has 4 rings (SSSR count). The quantitative estimate of drug-likeness (QED) is 0.599. The van der Waals surface area contributed by atoms with Crippen molar-refractivity contribution in [3.63, 3.8) is 0 Å². The largest absolute Gasteiger partial charge is 0.373 e. The van der Waals surface area contributed by atoms with E-state index in [0.717, 1.165) is 37.3 Å². The van der Waals surface area contributed by atoms with Gasteiger partial charge in [0.05, 0.1) is 11.2 Å². The molecular weight excluding hydrogens is 393 g/mol. The SMILES string of the molecule is CNc1ccc(CN2CC[C@]3(CNS(O)(O)N3c3cccc(F)c3)C[C@@H]2C)cn1. The maximum absolute atomic E-state index is 13.8. The lowest BCUT2D eigenvalue weighted by Crippen LogP contribution is -2.57. The first-order valence-corrected chi connectivity index (χ1v) is 11.3. The van der Waals surface area contributed by atoms with Crippen molar-refractivity contribution in [2.45, 2.75) is 37.9 Å². The summed E-state index contributed by atoms with van der Waals surface area (Å²) in [4.78, 5) is 6.77. The maximum atomic E-state index is 13.8. The van der Waals surface area contributed by atoms with Crippen molar-refractivity contribution in [2.24, 2.45) is 0 Å². The van der Waals surface area contributed by atoms with Crippen LogP contribution in [0.5, 0.6) is 0 Å². The summed E-state index contributed by atoms with van der Waals surface area (Å²) in [5.74, 6) is 0.454. The fourth-order valence-corrected chi connectivity index (χ4v) is 6.26. The highest BCUT2D eigenvalue weighted by Gasteiger charge is 2.52. The van der Waals surface area contributed by atoms with Gasteiger partial charge < -0.3 is 5.32 Å². The Labute approximate surface area is 172 Å². The smallest absolute Gasteiger partial charge is 0.125 e. The van der Waals surface area contributed by atoms with Crippen molar-refractivity contribution in [3.8, 4) is 0 Å². The standard InChI is InChI=1S/C20H28FN5O2S/c1-15-11-20(8-9-25(15)13-16-6-7-19(22-2)23-12-16)14-24-29(27,28)26(20)18-5-3-4-17(21)10-18/h3-7,10,12,15,24,27-28H,8-9,11,13-14H2,1-2H3,(H,22,23)/t15-,20+/m0/s1. The minimum Gasteiger partial charge on any atom is -0.373 e. The van der Waals surface area contributed by atoms with Crippen LogP contribution in [0.15, 0.2) is 42.6 Å². The molecular formula is C20H28FN5O2S. The van der Waals surface area contributed by atoms with Gasteiger partial charge in [0, 0.05) is 38.9 Å². The number of hydrogen-bond acceptors (Lipinski definition) is 7. The van der Waals surface area contributed by atoms with Crippen LogP contribution in [0.25, 0.3) is 0 Å². The molecule has 0 unspecified atom stereocenters. The summed E-state index contributed by atoms with van der Waals surface area (Å²) >= 11 is 0. The molecule has 2 fully saturated rings. The predicted molar refractivity (Wildman–Crippen MR) is 115 cm³/mol. The number of rotatable bonds is 4. The Kier molecular flexibility index (Phi) is 5.43. The maximum Gasteiger partial charge on any atom is 0.125 e. The second-order valence-corrected chi connectivity index (χ2v) is 9.61. The van der Waals surface area contributed by atoms with Gasteiger partial charge in [-0.3, -0.25) is 18.3 Å². The zero-order chi connectivity index (χ0) is 20.6. The Morgan fingerprint density at radius 1 is 1.34 bits per heavy atom. The summed E-state index contributed by atoms with van der Waals surface area (Å²) in [5, 5.41) is 3.02. The second-order valence-electron chi connectivity index (χ2n) is 7.91. The van der Waals surface area contributed by atoms with Crippen LogP contribution in [0.4, 0.5) is 15.9 Å². The molecule has 0 radical (unpaired) electrons. The lowest BCUT2D eigenvalue weighted by molar-refractivity contribution is 0.106. The van der Waals surface area contributed by atoms with Gasteiger partial charge in [-0.15, -0.1) is 0 Å². The van der Waals surface area contributed by atoms with Gasteiger partial charge >= 0.3 is 0 Å². The molecule has 0 amide bonds. The second kappa shape index (κ2) is 7.73. The number of piperidine rings is 1. The molecule has 4 N–H and O–H groups in total. The molecule has 1 spiro atoms. The van der Waals surface area contributed by atoms with Crippen molar-refractivity contribution in [2.75, 3.05) is 29.8 Å². The van der Waals surface area contributed by atoms with Crippen LogP contribution in [0, 0.1) is 5.82 Å². The third-order valence-electron chi connectivity index (χ3n) is 5.95. The summed E-state index contributed by atoms with van der Waals surface area (Å²) in [6.45, 7) is 4.21. The van der Waals surface area contributed by atoms with E-state index in [-0.39, 0.29) is 11.9 Å². The highest BCUT2D eigenvalue weighted by Crippen LogP contribution is 2.55. The van der Waals surface area contributed by atoms with Crippen LogP contribution in [0.1, 0.15) is 25.3 Å². The first-order chi connectivity index (χ1) is 13.8. The Balaban J connectivity index is 1.53. The van der Waals surface area contributed by atoms with Gasteiger partial charge in [-0.05, 0) is 49.6 Å². The normalized spacial score (nSPS) is 27.9. The van der Waals surface area contributed by atoms with Crippen molar-refractivity contribution in [1.82, 2.24) is 14.6 Å². The highest BCUT2D eigenvalue weighted by atomic mass is 32.3. The van der Waals surface area contributed by atoms with Gasteiger partial charge in [0.15, 0.2) is 0 Å². The van der Waals surface area contributed by atoms with Crippen LogP contribution in [-0.2, 0) is 6.54 Å². The van der Waals surface area contributed by atoms with Crippen LogP contribution in [0.2, 0.25) is 0 Å². The molecule has 3 heterocycles. The molecule has 7 nitrogen and oxygen atoms in total. The molecule has 0 saturated carbocycles. The van der Waals surface area contributed by atoms with E-state index in [4.69, 9.17) is 0 Å². The predicted octanol–water partition coefficient (Wildman–Crippen LogP) is 3.68. The molecule has 0 aliphatic carbocycles. The fourth-order valence-electron chi connectivity index (χ4n) is 4.49. The molecule has 9 heteroatoms. The van der Waals surface area contributed by atoms with Gasteiger partial charge in [-0.2, -0.15) is 4.72 Å². The summed E-state index contributed by atoms with van der Waals surface area (Å²) in [6.07, 6.45) is 3.38. The number of hydrogen-bond donors (Lipinski definition) is 4. The van der Waals surface area contributed by atoms with Gasteiger partial charge in [-0.1, -0.05) is 23.1 Å². The van der Waals surface area contributed by atoms with Crippen molar-refractivity contribution in [1.29, 1.82) is 0 Å². The monoisotopic (exact) mass is 421 g/mol. The van der Waals surface area contributed by atoms with Crippen LogP contribution in [-0.4, -0.2) is 50.7 Å². The van der Waals surface area contributed by atoms with Gasteiger partial charge in [0.1, 0.15) is 11.6 Å². The van der Waals surface area contributed by atoms with Gasteiger partial charge in [-0.25, -0.2) is 9.37 Å². The van der Waals surface area contributed by atoms with E-state index >= 15 is 0 Å². The molecule has 2 atom stereocenters. The van der Waals surface area contributed by atoms with E-state index < -0.39 is 16.5 Å². The van der Waals surface area contributed by atoms with E-state index in [2.05, 4.69) is 32.9 Å². The van der Waals surface area contributed by atoms with E-state index in [0.29, 0.717) is 12.2 Å². The highest BCUT2D eigenvalue weighted by molar-refractivity contribution is 8.24. The Bertz CT molecular complexity index is 868. The van der Waals surface area contributed by atoms with E-state index in [1.807, 2.05) is 19.3 Å². The van der Waals surface area contributed by atoms with Crippen LogP contribution in [0.3, 0.4) is 0 Å². The first-order valence-electron chi connectivity index (χ1n) is 9.78. The summed E-state index contributed by atoms with van der Waals surface area (Å²) < 4.78 is 39.7. The van der Waals surface area contributed by atoms with Crippen LogP contribution < -0.4 is 14.3 Å². The van der Waals surface area contributed by atoms with E-state index in [9.17, 15) is 13.5 Å². The summed E-state index contributed by atoms with van der Waals surface area (Å²) in [7, 11) is -1.35. The van der Waals surface area contributed by atoms with Crippen molar-refractivity contribution >= 4 is 22.5 Å². The summed E-state index contributed by atoms with van der Waals surface area (Å²) in [5.41, 5.74) is 1.18. The van der Waals surface area contributed by atoms with Gasteiger partial charge in [0.2, 0.25) is 0 Å². The molecule has 2 saturated heterocycles. The first kappa shape index (κ1) is 20.4. The molecule has 29 heavy (non-hydrogen) atoms. The zero-order valence-electron chi connectivity index (χ0n) is 16.7. The number of halogens is 1. The molecule has 2 aromatic rings. The number of likely N-dealkylation sites (tertiary alicyclic amines) is 1. The fraction of sp³-hybridized carbons (Fsp3) is 0.450. The number of pyridine rings is 1.